The van der Waals surface area contributed by atoms with Crippen molar-refractivity contribution in [2.75, 3.05) is 0 Å². The number of aromatic nitrogens is 2. The summed E-state index contributed by atoms with van der Waals surface area (Å²) in [5.74, 6) is 0.820. The Kier molecular flexibility index (Phi) is 2.08. The molecule has 0 atom stereocenters. The topological polar surface area (TPSA) is 38.9 Å². The maximum Gasteiger partial charge on any atom is 0.143 e. The number of hydrogen-bond acceptors (Lipinski definition) is 3. The molecule has 0 aliphatic heterocycles. The van der Waals surface area contributed by atoms with Gasteiger partial charge in [0.15, 0.2) is 0 Å². The lowest BCUT2D eigenvalue weighted by Crippen LogP contribution is -1.86. The summed E-state index contributed by atoms with van der Waals surface area (Å²) in [7, 11) is 0. The molecule has 2 rings (SSSR count). The van der Waals surface area contributed by atoms with Crippen LogP contribution in [0.5, 0.6) is 0 Å². The smallest absolute Gasteiger partial charge is 0.143 e. The molecule has 0 spiro atoms. The van der Waals surface area contributed by atoms with Crippen molar-refractivity contribution >= 4 is 0 Å². The van der Waals surface area contributed by atoms with Crippen molar-refractivity contribution in [3.63, 3.8) is 0 Å². The number of pyridine rings is 1. The first kappa shape index (κ1) is 8.94. The quantitative estimate of drug-likeness (QED) is 0.690. The lowest BCUT2D eigenvalue weighted by Gasteiger charge is -1.99. The van der Waals surface area contributed by atoms with Crippen molar-refractivity contribution in [1.29, 1.82) is 0 Å². The fourth-order valence-corrected chi connectivity index (χ4v) is 1.52. The van der Waals surface area contributed by atoms with Crippen LogP contribution < -0.4 is 0 Å². The number of rotatable bonds is 1. The van der Waals surface area contributed by atoms with E-state index in [1.165, 1.54) is 5.56 Å². The summed E-state index contributed by atoms with van der Waals surface area (Å²) in [6.45, 7) is 5.87. The van der Waals surface area contributed by atoms with Gasteiger partial charge >= 0.3 is 0 Å². The van der Waals surface area contributed by atoms with E-state index in [-0.39, 0.29) is 0 Å². The Labute approximate surface area is 82.8 Å². The molecular weight excluding hydrogens is 176 g/mol. The maximum atomic E-state index is 5.10. The van der Waals surface area contributed by atoms with Crippen LogP contribution in [0.2, 0.25) is 0 Å². The van der Waals surface area contributed by atoms with Gasteiger partial charge in [-0.05, 0) is 38.5 Å². The molecule has 0 bridgehead atoms. The van der Waals surface area contributed by atoms with Gasteiger partial charge in [-0.3, -0.25) is 4.98 Å². The van der Waals surface area contributed by atoms with Crippen LogP contribution in [0, 0.1) is 20.8 Å². The van der Waals surface area contributed by atoms with Crippen LogP contribution in [-0.2, 0) is 0 Å². The predicted octanol–water partition coefficient (Wildman–Crippen LogP) is 2.66. The maximum absolute atomic E-state index is 5.10. The number of hydrogen-bond donors (Lipinski definition) is 0. The highest BCUT2D eigenvalue weighted by Gasteiger charge is 2.11. The first-order chi connectivity index (χ1) is 6.68. The Bertz CT molecular complexity index is 441. The molecule has 2 aromatic rings. The predicted molar refractivity (Wildman–Crippen MR) is 53.9 cm³/mol. The molecule has 0 aromatic carbocycles. The van der Waals surface area contributed by atoms with Crippen molar-refractivity contribution in [1.82, 2.24) is 10.1 Å². The summed E-state index contributed by atoms with van der Waals surface area (Å²) in [5.41, 5.74) is 4.02. The van der Waals surface area contributed by atoms with Crippen molar-refractivity contribution < 1.29 is 4.52 Å². The third kappa shape index (κ3) is 1.41. The fourth-order valence-electron chi connectivity index (χ4n) is 1.52. The minimum Gasteiger partial charge on any atom is -0.361 e. The summed E-state index contributed by atoms with van der Waals surface area (Å²) in [6, 6.07) is 4.01. The van der Waals surface area contributed by atoms with E-state index in [2.05, 4.69) is 10.1 Å². The Morgan fingerprint density at radius 2 is 2.00 bits per heavy atom. The van der Waals surface area contributed by atoms with E-state index in [1.54, 1.807) is 6.20 Å². The second kappa shape index (κ2) is 3.25. The number of nitrogens with zero attached hydrogens (tertiary/aromatic N) is 2. The van der Waals surface area contributed by atoms with Crippen LogP contribution in [0.4, 0.5) is 0 Å². The first-order valence-corrected chi connectivity index (χ1v) is 4.54. The van der Waals surface area contributed by atoms with Gasteiger partial charge in [0.25, 0.3) is 0 Å². The molecule has 0 aliphatic carbocycles. The largest absolute Gasteiger partial charge is 0.361 e. The van der Waals surface area contributed by atoms with Gasteiger partial charge in [-0.2, -0.15) is 0 Å². The zero-order valence-corrected chi connectivity index (χ0v) is 8.53. The zero-order valence-electron chi connectivity index (χ0n) is 8.53. The highest BCUT2D eigenvalue weighted by Crippen LogP contribution is 2.24. The van der Waals surface area contributed by atoms with Gasteiger partial charge in [0.1, 0.15) is 5.76 Å². The van der Waals surface area contributed by atoms with Gasteiger partial charge in [0.2, 0.25) is 0 Å². The minimum atomic E-state index is 0.820. The van der Waals surface area contributed by atoms with Gasteiger partial charge in [0, 0.05) is 6.20 Å². The second-order valence-corrected chi connectivity index (χ2v) is 3.42. The monoisotopic (exact) mass is 188 g/mol. The van der Waals surface area contributed by atoms with Crippen LogP contribution in [0.15, 0.2) is 22.9 Å². The lowest BCUT2D eigenvalue weighted by atomic mass is 10.1. The zero-order chi connectivity index (χ0) is 10.1. The highest BCUT2D eigenvalue weighted by atomic mass is 16.5. The third-order valence-corrected chi connectivity index (χ3v) is 2.20. The van der Waals surface area contributed by atoms with Crippen LogP contribution in [-0.4, -0.2) is 10.1 Å². The van der Waals surface area contributed by atoms with E-state index < -0.39 is 0 Å². The highest BCUT2D eigenvalue weighted by molar-refractivity contribution is 5.63. The Morgan fingerprint density at radius 3 is 2.57 bits per heavy atom. The van der Waals surface area contributed by atoms with E-state index in [0.29, 0.717) is 0 Å². The van der Waals surface area contributed by atoms with Crippen LogP contribution >= 0.6 is 0 Å². The SMILES string of the molecule is Cc1ccnc(-c2c(C)noc2C)c1. The van der Waals surface area contributed by atoms with Crippen LogP contribution in [0.1, 0.15) is 17.0 Å². The Balaban J connectivity index is 2.59. The number of aryl methyl sites for hydroxylation is 3. The molecule has 0 fully saturated rings. The molecular formula is C11H12N2O. The molecule has 2 heterocycles. The van der Waals surface area contributed by atoms with Crippen molar-refractivity contribution in [2.24, 2.45) is 0 Å². The summed E-state index contributed by atoms with van der Waals surface area (Å²) >= 11 is 0. The van der Waals surface area contributed by atoms with E-state index in [0.717, 1.165) is 22.7 Å². The van der Waals surface area contributed by atoms with Crippen molar-refractivity contribution in [3.8, 4) is 11.3 Å². The first-order valence-electron chi connectivity index (χ1n) is 4.54. The summed E-state index contributed by atoms with van der Waals surface area (Å²) < 4.78 is 5.10. The van der Waals surface area contributed by atoms with Gasteiger partial charge < -0.3 is 4.52 Å². The molecule has 0 unspecified atom stereocenters. The summed E-state index contributed by atoms with van der Waals surface area (Å²) in [6.07, 6.45) is 1.80. The van der Waals surface area contributed by atoms with Gasteiger partial charge in [-0.15, -0.1) is 0 Å². The molecule has 0 N–H and O–H groups in total. The normalized spacial score (nSPS) is 10.5. The molecule has 0 amide bonds. The molecule has 72 valence electrons. The third-order valence-electron chi connectivity index (χ3n) is 2.20. The molecule has 0 radical (unpaired) electrons. The molecule has 14 heavy (non-hydrogen) atoms. The van der Waals surface area contributed by atoms with E-state index in [4.69, 9.17) is 4.52 Å². The van der Waals surface area contributed by atoms with E-state index in [1.807, 2.05) is 32.9 Å². The van der Waals surface area contributed by atoms with Gasteiger partial charge in [-0.1, -0.05) is 5.16 Å². The fraction of sp³-hybridized carbons (Fsp3) is 0.273. The Hall–Kier alpha value is -1.64. The van der Waals surface area contributed by atoms with Gasteiger partial charge in [-0.25, -0.2) is 0 Å². The van der Waals surface area contributed by atoms with Crippen LogP contribution in [0.3, 0.4) is 0 Å². The Morgan fingerprint density at radius 1 is 1.21 bits per heavy atom. The molecule has 0 saturated carbocycles. The lowest BCUT2D eigenvalue weighted by molar-refractivity contribution is 0.393. The standard InChI is InChI=1S/C11H12N2O/c1-7-4-5-12-10(6-7)11-8(2)13-14-9(11)3/h4-6H,1-3H3. The summed E-state index contributed by atoms with van der Waals surface area (Å²) in [4.78, 5) is 4.30. The molecule has 3 nitrogen and oxygen atoms in total. The van der Waals surface area contributed by atoms with E-state index in [9.17, 15) is 0 Å². The minimum absolute atomic E-state index is 0.820. The molecule has 2 aromatic heterocycles. The van der Waals surface area contributed by atoms with E-state index >= 15 is 0 Å². The second-order valence-electron chi connectivity index (χ2n) is 3.42. The van der Waals surface area contributed by atoms with Gasteiger partial charge in [0.05, 0.1) is 17.0 Å². The average Bonchev–Trinajstić information content (AvgIpc) is 2.46. The van der Waals surface area contributed by atoms with Crippen molar-refractivity contribution in [3.05, 3.63) is 35.3 Å². The molecule has 0 aliphatic rings. The average molecular weight is 188 g/mol. The summed E-state index contributed by atoms with van der Waals surface area (Å²) in [5, 5.41) is 3.91. The van der Waals surface area contributed by atoms with Crippen molar-refractivity contribution in [2.45, 2.75) is 20.8 Å². The van der Waals surface area contributed by atoms with Crippen LogP contribution in [0.25, 0.3) is 11.3 Å². The molecule has 0 saturated heterocycles. The molecule has 3 heteroatoms.